The van der Waals surface area contributed by atoms with Crippen LogP contribution in [0.5, 0.6) is 0 Å². The highest BCUT2D eigenvalue weighted by molar-refractivity contribution is 5.90. The van der Waals surface area contributed by atoms with Crippen LogP contribution in [0.15, 0.2) is 24.3 Å². The van der Waals surface area contributed by atoms with Crippen molar-refractivity contribution in [1.29, 1.82) is 0 Å². The van der Waals surface area contributed by atoms with E-state index in [1.807, 2.05) is 31.2 Å². The molecular formula is C16H23ClN4O2. The average Bonchev–Trinajstić information content (AvgIpc) is 3.38. The van der Waals surface area contributed by atoms with Gasteiger partial charge in [-0.05, 0) is 50.3 Å². The molecule has 0 radical (unpaired) electrons. The number of hydrogen-bond donors (Lipinski definition) is 4. The van der Waals surface area contributed by atoms with E-state index < -0.39 is 5.54 Å². The highest BCUT2D eigenvalue weighted by Gasteiger charge is 2.46. The quantitative estimate of drug-likeness (QED) is 0.661. The van der Waals surface area contributed by atoms with Gasteiger partial charge in [-0.1, -0.05) is 12.1 Å². The highest BCUT2D eigenvalue weighted by atomic mass is 35.5. The fourth-order valence-corrected chi connectivity index (χ4v) is 2.22. The van der Waals surface area contributed by atoms with Gasteiger partial charge < -0.3 is 21.7 Å². The Morgan fingerprint density at radius 2 is 1.83 bits per heavy atom. The second-order valence-electron chi connectivity index (χ2n) is 6.35. The zero-order chi connectivity index (χ0) is 15.7. The predicted molar refractivity (Wildman–Crippen MR) is 91.6 cm³/mol. The molecule has 0 aliphatic heterocycles. The van der Waals surface area contributed by atoms with Crippen molar-refractivity contribution < 1.29 is 9.59 Å². The number of amides is 3. The summed E-state index contributed by atoms with van der Waals surface area (Å²) in [6.45, 7) is 1.92. The predicted octanol–water partition coefficient (Wildman–Crippen LogP) is 2.06. The van der Waals surface area contributed by atoms with E-state index in [0.717, 1.165) is 36.9 Å². The van der Waals surface area contributed by atoms with Gasteiger partial charge in [0.1, 0.15) is 0 Å². The number of benzene rings is 1. The van der Waals surface area contributed by atoms with Gasteiger partial charge in [-0.3, -0.25) is 4.79 Å². The number of nitrogens with two attached hydrogens (primary N) is 1. The molecule has 23 heavy (non-hydrogen) atoms. The van der Waals surface area contributed by atoms with E-state index in [-0.39, 0.29) is 30.4 Å². The Bertz CT molecular complexity index is 582. The summed E-state index contributed by atoms with van der Waals surface area (Å²) in [5, 5.41) is 8.60. The molecule has 7 heteroatoms. The molecule has 1 unspecified atom stereocenters. The van der Waals surface area contributed by atoms with Crippen molar-refractivity contribution in [3.8, 4) is 0 Å². The van der Waals surface area contributed by atoms with E-state index in [4.69, 9.17) is 5.73 Å². The second kappa shape index (κ2) is 6.76. The summed E-state index contributed by atoms with van der Waals surface area (Å²) in [5.41, 5.74) is 6.93. The zero-order valence-corrected chi connectivity index (χ0v) is 13.9. The van der Waals surface area contributed by atoms with Crippen LogP contribution in [0.2, 0.25) is 0 Å². The number of nitrogens with one attached hydrogen (secondary N) is 3. The number of carbonyl (C=O) groups is 2. The smallest absolute Gasteiger partial charge is 0.319 e. The second-order valence-corrected chi connectivity index (χ2v) is 6.35. The monoisotopic (exact) mass is 338 g/mol. The van der Waals surface area contributed by atoms with Gasteiger partial charge in [0.25, 0.3) is 0 Å². The van der Waals surface area contributed by atoms with E-state index in [1.54, 1.807) is 0 Å². The molecule has 1 atom stereocenters. The van der Waals surface area contributed by atoms with Gasteiger partial charge in [0.05, 0.1) is 11.6 Å². The Morgan fingerprint density at radius 3 is 2.35 bits per heavy atom. The van der Waals surface area contributed by atoms with Crippen LogP contribution in [0.25, 0.3) is 0 Å². The van der Waals surface area contributed by atoms with Crippen molar-refractivity contribution in [2.45, 2.75) is 50.2 Å². The average molecular weight is 339 g/mol. The fourth-order valence-electron chi connectivity index (χ4n) is 2.22. The maximum Gasteiger partial charge on any atom is 0.319 e. The normalized spacial score (nSPS) is 19.0. The minimum Gasteiger partial charge on any atom is -0.348 e. The van der Waals surface area contributed by atoms with Gasteiger partial charge in [0, 0.05) is 11.7 Å². The third-order valence-corrected chi connectivity index (χ3v) is 4.17. The number of carbonyl (C=O) groups excluding carboxylic acids is 2. The van der Waals surface area contributed by atoms with Gasteiger partial charge in [-0.25, -0.2) is 4.79 Å². The summed E-state index contributed by atoms with van der Waals surface area (Å²) in [6, 6.07) is 7.51. The molecule has 0 bridgehead atoms. The molecule has 1 aromatic rings. The van der Waals surface area contributed by atoms with Crippen molar-refractivity contribution in [2.24, 2.45) is 5.73 Å². The first-order valence-corrected chi connectivity index (χ1v) is 7.74. The van der Waals surface area contributed by atoms with Crippen LogP contribution < -0.4 is 21.7 Å². The summed E-state index contributed by atoms with van der Waals surface area (Å²) in [4.78, 5) is 23.6. The van der Waals surface area contributed by atoms with Gasteiger partial charge >= 0.3 is 6.03 Å². The van der Waals surface area contributed by atoms with Crippen molar-refractivity contribution in [3.63, 3.8) is 0 Å². The lowest BCUT2D eigenvalue weighted by atomic mass is 10.1. The lowest BCUT2D eigenvalue weighted by Gasteiger charge is -2.17. The largest absolute Gasteiger partial charge is 0.348 e. The lowest BCUT2D eigenvalue weighted by molar-refractivity contribution is -0.123. The molecule has 1 aromatic carbocycles. The van der Waals surface area contributed by atoms with Crippen LogP contribution >= 0.6 is 12.4 Å². The minimum absolute atomic E-state index is 0. The Balaban J connectivity index is 0.00000192. The Morgan fingerprint density at radius 1 is 1.22 bits per heavy atom. The first-order valence-electron chi connectivity index (χ1n) is 7.74. The first-order chi connectivity index (χ1) is 10.5. The number of halogens is 1. The van der Waals surface area contributed by atoms with Gasteiger partial charge in [0.2, 0.25) is 5.91 Å². The topological polar surface area (TPSA) is 96.2 Å². The summed E-state index contributed by atoms with van der Waals surface area (Å²) in [5.74, 6) is -0.0917. The number of rotatable bonds is 5. The number of anilines is 1. The summed E-state index contributed by atoms with van der Waals surface area (Å²) in [7, 11) is 0. The molecule has 2 saturated carbocycles. The SMILES string of the molecule is CC(NC(=O)C1(N)CC1)c1ccc(NC(=O)NC2CC2)cc1.Cl. The van der Waals surface area contributed by atoms with Gasteiger partial charge in [0.15, 0.2) is 0 Å². The zero-order valence-electron chi connectivity index (χ0n) is 13.1. The molecule has 3 amide bonds. The van der Waals surface area contributed by atoms with Crippen molar-refractivity contribution >= 4 is 30.0 Å². The maximum atomic E-state index is 11.9. The van der Waals surface area contributed by atoms with Crippen molar-refractivity contribution in [2.75, 3.05) is 5.32 Å². The molecule has 126 valence electrons. The minimum atomic E-state index is -0.656. The first kappa shape index (κ1) is 17.6. The van der Waals surface area contributed by atoms with E-state index in [1.165, 1.54) is 0 Å². The van der Waals surface area contributed by atoms with E-state index >= 15 is 0 Å². The Kier molecular flexibility index (Phi) is 5.16. The molecule has 0 saturated heterocycles. The summed E-state index contributed by atoms with van der Waals surface area (Å²) in [6.07, 6.45) is 3.63. The van der Waals surface area contributed by atoms with Crippen LogP contribution in [0.1, 0.15) is 44.2 Å². The molecule has 2 aliphatic carbocycles. The van der Waals surface area contributed by atoms with E-state index in [2.05, 4.69) is 16.0 Å². The van der Waals surface area contributed by atoms with Crippen LogP contribution in [0.3, 0.4) is 0 Å². The lowest BCUT2D eigenvalue weighted by Crippen LogP contribution is -2.43. The molecule has 0 aromatic heterocycles. The Hall–Kier alpha value is -1.79. The standard InChI is InChI=1S/C16H22N4O2.ClH/c1-10(18-14(21)16(17)8-9-16)11-2-4-12(5-3-11)19-15(22)20-13-6-7-13;/h2-5,10,13H,6-9,17H2,1H3,(H,18,21)(H2,19,20,22);1H. The van der Waals surface area contributed by atoms with Crippen LogP contribution in [-0.2, 0) is 4.79 Å². The molecule has 5 N–H and O–H groups in total. The third kappa shape index (κ3) is 4.59. The number of hydrogen-bond acceptors (Lipinski definition) is 3. The molecule has 6 nitrogen and oxygen atoms in total. The van der Waals surface area contributed by atoms with Crippen molar-refractivity contribution in [3.05, 3.63) is 29.8 Å². The van der Waals surface area contributed by atoms with Crippen molar-refractivity contribution in [1.82, 2.24) is 10.6 Å². The summed E-state index contributed by atoms with van der Waals surface area (Å²) < 4.78 is 0. The highest BCUT2D eigenvalue weighted by Crippen LogP contribution is 2.33. The van der Waals surface area contributed by atoms with Gasteiger partial charge in [-0.15, -0.1) is 12.4 Å². The molecule has 2 fully saturated rings. The Labute approximate surface area is 142 Å². The fraction of sp³-hybridized carbons (Fsp3) is 0.500. The van der Waals surface area contributed by atoms with Crippen LogP contribution in [-0.4, -0.2) is 23.5 Å². The summed E-state index contributed by atoms with van der Waals surface area (Å²) >= 11 is 0. The maximum absolute atomic E-state index is 11.9. The van der Waals surface area contributed by atoms with Gasteiger partial charge in [-0.2, -0.15) is 0 Å². The molecule has 0 heterocycles. The van der Waals surface area contributed by atoms with Crippen LogP contribution in [0.4, 0.5) is 10.5 Å². The van der Waals surface area contributed by atoms with E-state index in [0.29, 0.717) is 6.04 Å². The molecular weight excluding hydrogens is 316 g/mol. The van der Waals surface area contributed by atoms with E-state index in [9.17, 15) is 9.59 Å². The molecule has 3 rings (SSSR count). The number of urea groups is 1. The third-order valence-electron chi connectivity index (χ3n) is 4.17. The molecule has 2 aliphatic rings. The van der Waals surface area contributed by atoms with Crippen LogP contribution in [0, 0.1) is 0 Å². The molecule has 0 spiro atoms.